The maximum Gasteiger partial charge on any atom is 0.332 e. The highest BCUT2D eigenvalue weighted by molar-refractivity contribution is 8.11. The Morgan fingerprint density at radius 2 is 1.07 bits per heavy atom. The Labute approximate surface area is 472 Å². The van der Waals surface area contributed by atoms with Gasteiger partial charge in [0, 0.05) is 49.8 Å². The summed E-state index contributed by atoms with van der Waals surface area (Å²) in [5.74, 6) is -13.0. The fourth-order valence-corrected chi connectivity index (χ4v) is 14.0. The van der Waals surface area contributed by atoms with Crippen LogP contribution in [0.1, 0.15) is 68.4 Å². The van der Waals surface area contributed by atoms with Gasteiger partial charge in [-0.15, -0.1) is 11.8 Å². The van der Waals surface area contributed by atoms with E-state index in [2.05, 4.69) is 31.2 Å². The van der Waals surface area contributed by atoms with E-state index in [1.165, 1.54) is 54.2 Å². The molecule has 2 aliphatic carbocycles. The number of hydrogen-bond donors (Lipinski definition) is 6. The number of para-hydroxylation sites is 2. The predicted octanol–water partition coefficient (Wildman–Crippen LogP) is 0.170. The van der Waals surface area contributed by atoms with Crippen molar-refractivity contribution in [2.45, 2.75) is 99.4 Å². The third kappa shape index (κ3) is 11.3. The van der Waals surface area contributed by atoms with E-state index in [1.807, 2.05) is 0 Å². The number of aromatic hydroxyl groups is 2. The van der Waals surface area contributed by atoms with Crippen molar-refractivity contribution in [1.82, 2.24) is 50.8 Å². The summed E-state index contributed by atoms with van der Waals surface area (Å²) < 4.78 is 25.5. The van der Waals surface area contributed by atoms with E-state index in [-0.39, 0.29) is 18.6 Å². The van der Waals surface area contributed by atoms with Gasteiger partial charge in [0.25, 0.3) is 11.8 Å². The van der Waals surface area contributed by atoms with Gasteiger partial charge in [-0.05, 0) is 68.5 Å². The molecule has 2 aliphatic heterocycles. The van der Waals surface area contributed by atoms with Gasteiger partial charge in [-0.2, -0.15) is 0 Å². The Hall–Kier alpha value is -7.94. The summed E-state index contributed by atoms with van der Waals surface area (Å²) in [4.78, 5) is 158. The van der Waals surface area contributed by atoms with Crippen LogP contribution in [0.4, 0.5) is 0 Å². The van der Waals surface area contributed by atoms with Gasteiger partial charge in [-0.3, -0.25) is 42.6 Å². The van der Waals surface area contributed by atoms with Crippen molar-refractivity contribution in [3.63, 3.8) is 0 Å². The lowest BCUT2D eigenvalue weighted by Crippen LogP contribution is -2.62. The van der Waals surface area contributed by atoms with E-state index in [4.69, 9.17) is 9.47 Å². The van der Waals surface area contributed by atoms with E-state index < -0.39 is 176 Å². The maximum absolute atomic E-state index is 15.5. The smallest absolute Gasteiger partial charge is 0.332 e. The minimum absolute atomic E-state index is 0.000231. The van der Waals surface area contributed by atoms with E-state index in [0.717, 1.165) is 31.4 Å². The highest BCUT2D eigenvalue weighted by Gasteiger charge is 2.66. The van der Waals surface area contributed by atoms with E-state index in [0.29, 0.717) is 21.8 Å². The van der Waals surface area contributed by atoms with Gasteiger partial charge >= 0.3 is 11.9 Å². The minimum atomic E-state index is -2.40. The van der Waals surface area contributed by atoms with Crippen LogP contribution < -0.4 is 21.3 Å². The third-order valence-electron chi connectivity index (χ3n) is 15.7. The molecule has 2 saturated carbocycles. The number of thioether (sulfide) groups is 1. The molecule has 27 heteroatoms. The van der Waals surface area contributed by atoms with Gasteiger partial charge in [0.2, 0.25) is 35.4 Å². The van der Waals surface area contributed by atoms with Crippen LogP contribution in [0.15, 0.2) is 60.7 Å². The summed E-state index contributed by atoms with van der Waals surface area (Å²) in [6.45, 7) is 5.72. The molecule has 2 unspecified atom stereocenters. The van der Waals surface area contributed by atoms with Crippen molar-refractivity contribution in [2.24, 2.45) is 11.8 Å². The fraction of sp³-hybridized carbons (Fsp3) is 0.481. The number of aromatic nitrogens is 2. The van der Waals surface area contributed by atoms with Crippen LogP contribution in [0, 0.1) is 11.8 Å². The van der Waals surface area contributed by atoms with Crippen LogP contribution in [0.2, 0.25) is 0 Å². The van der Waals surface area contributed by atoms with Gasteiger partial charge in [0.15, 0.2) is 11.4 Å². The molecule has 81 heavy (non-hydrogen) atoms. The number of hydrogen-bond acceptors (Lipinski definition) is 18. The highest BCUT2D eigenvalue weighted by Crippen LogP contribution is 2.50. The summed E-state index contributed by atoms with van der Waals surface area (Å²) in [7, 11) is 2.56. The predicted molar refractivity (Wildman–Crippen MR) is 293 cm³/mol. The Morgan fingerprint density at radius 3 is 1.49 bits per heavy atom. The summed E-state index contributed by atoms with van der Waals surface area (Å²) in [6, 6.07) is 5.60. The largest absolute Gasteiger partial charge is 0.505 e. The number of esters is 2. The highest BCUT2D eigenvalue weighted by atomic mass is 32.2. The van der Waals surface area contributed by atoms with Gasteiger partial charge in [-0.25, -0.2) is 19.6 Å². The Balaban J connectivity index is 1.21. The first-order chi connectivity index (χ1) is 38.3. The van der Waals surface area contributed by atoms with E-state index >= 15 is 13.8 Å². The average molecular weight is 1160 g/mol. The number of cyclic esters (lactones) is 2. The molecule has 4 fully saturated rings. The van der Waals surface area contributed by atoms with Crippen molar-refractivity contribution >= 4 is 104 Å². The second-order valence-corrected chi connectivity index (χ2v) is 24.2. The van der Waals surface area contributed by atoms with Crippen molar-refractivity contribution in [3.8, 4) is 11.5 Å². The second-order valence-electron chi connectivity index (χ2n) is 20.9. The second kappa shape index (κ2) is 23.3. The van der Waals surface area contributed by atoms with Gasteiger partial charge in [0.1, 0.15) is 76.6 Å². The third-order valence-corrected chi connectivity index (χ3v) is 19.1. The zero-order chi connectivity index (χ0) is 59.2. The molecule has 4 heterocycles. The lowest BCUT2D eigenvalue weighted by molar-refractivity contribution is -0.161. The van der Waals surface area contributed by atoms with Crippen molar-refractivity contribution in [2.75, 3.05) is 52.9 Å². The molecule has 8 rings (SSSR count). The molecule has 432 valence electrons. The molecule has 2 aromatic carbocycles. The first kappa shape index (κ1) is 59.2. The van der Waals surface area contributed by atoms with Crippen LogP contribution in [0.25, 0.3) is 21.8 Å². The SMILES string of the molecule is CCS[C@H]1[C@H]2C(=O)N(C)[C@]3(C[C@@H]3C)C(=O)OCC(NC(=O)c3nc4ccccc4cc3O)C(=O)N[C@@H](C)C(=O)N(C)[C@@H](CS1=O)C(=O)N(C)[C@]1(C[C@@H]1C)C(=O)OC[C@@H](NC(=O)c1nc3ccccc3cc1O)C(=O)N[C@@H](C)C(=O)N2C. The molecule has 2 aromatic heterocycles. The molecule has 2 bridgehead atoms. The van der Waals surface area contributed by atoms with Crippen LogP contribution in [0.5, 0.6) is 11.5 Å². The Morgan fingerprint density at radius 1 is 0.667 bits per heavy atom. The zero-order valence-corrected chi connectivity index (χ0v) is 47.5. The zero-order valence-electron chi connectivity index (χ0n) is 45.9. The van der Waals surface area contributed by atoms with Crippen LogP contribution in [0.3, 0.4) is 0 Å². The lowest BCUT2D eigenvalue weighted by atomic mass is 10.1. The average Bonchev–Trinajstić information content (AvgIpc) is 4.54. The topological polar surface area (TPSA) is 334 Å². The number of likely N-dealkylation sites (N-methyl/N-ethyl adjacent to an activating group) is 4. The number of fused-ring (bicyclic) bond motifs is 6. The van der Waals surface area contributed by atoms with Crippen LogP contribution in [-0.2, 0) is 58.6 Å². The van der Waals surface area contributed by atoms with Crippen molar-refractivity contribution < 1.29 is 71.8 Å². The molecule has 4 aliphatic rings. The summed E-state index contributed by atoms with van der Waals surface area (Å²) in [5, 5.41) is 32.7. The van der Waals surface area contributed by atoms with Gasteiger partial charge in [-0.1, -0.05) is 57.2 Å². The molecule has 2 saturated heterocycles. The van der Waals surface area contributed by atoms with E-state index in [1.54, 1.807) is 69.3 Å². The number of amides is 8. The van der Waals surface area contributed by atoms with Gasteiger partial charge in [0.05, 0.1) is 16.8 Å². The Bertz CT molecular complexity index is 3300. The van der Waals surface area contributed by atoms with Crippen molar-refractivity contribution in [3.05, 3.63) is 72.1 Å². The molecular formula is C54H64N10O15S2. The molecule has 6 N–H and O–H groups in total. The molecular weight excluding hydrogens is 1090 g/mol. The molecule has 0 radical (unpaired) electrons. The monoisotopic (exact) mass is 1160 g/mol. The number of nitrogens with one attached hydrogen (secondary N) is 4. The first-order valence-electron chi connectivity index (χ1n) is 26.1. The van der Waals surface area contributed by atoms with Crippen LogP contribution in [-0.4, -0.2) is 208 Å². The first-order valence-corrected chi connectivity index (χ1v) is 28.5. The number of nitrogens with zero attached hydrogens (tertiary/aromatic N) is 6. The quantitative estimate of drug-likeness (QED) is 0.140. The maximum atomic E-state index is 15.5. The molecule has 12 atom stereocenters. The number of ether oxygens (including phenoxy) is 2. The summed E-state index contributed by atoms with van der Waals surface area (Å²) in [6.07, 6.45) is -0.00224. The number of benzene rings is 2. The lowest BCUT2D eigenvalue weighted by Gasteiger charge is -2.39. The fourth-order valence-electron chi connectivity index (χ4n) is 10.5. The number of carbonyl (C=O) groups excluding carboxylic acids is 10. The Kier molecular flexibility index (Phi) is 17.0. The normalized spacial score (nSPS) is 30.2. The molecule has 8 amide bonds. The molecule has 4 aromatic rings. The number of pyridine rings is 2. The number of carbonyl (C=O) groups is 10. The molecule has 2 spiro atoms. The van der Waals surface area contributed by atoms with E-state index in [9.17, 15) is 48.6 Å². The van der Waals surface area contributed by atoms with Gasteiger partial charge < -0.3 is 60.6 Å². The van der Waals surface area contributed by atoms with Crippen molar-refractivity contribution in [1.29, 1.82) is 0 Å². The standard InChI is InChI=1S/C54H64N10O15S2/c1-10-80-50-41-49(74)64(9)54(22-27(54)3)52(76)79-24-34(59-44(69)39-37(65)19-30-15-11-13-17-32(30)57-39)42(67)55-28(4)46(71)61(6)36(25-81(50)77)48(73)63(8)53(21-26(53)2)51(75)78-23-35(43(68)56-29(5)47(72)62(41)7)60-45(70)40-38(66)20-31-16-12-14-18-33(31)58-40/h11-20,26-29,34-36,41,50,65-66H,10,21-25H2,1-9H3,(H,55,67)(H,56,68)(H,59,69)(H,60,70)/t26-,27-,28-,29-,34?,35+,36-,41+,50+,53-,54-,81?/m0/s1. The number of rotatable bonds is 6. The summed E-state index contributed by atoms with van der Waals surface area (Å²) in [5.41, 5.74) is -3.89. The minimum Gasteiger partial charge on any atom is -0.505 e. The summed E-state index contributed by atoms with van der Waals surface area (Å²) >= 11 is 0.972. The van der Waals surface area contributed by atoms with Crippen LogP contribution >= 0.6 is 11.8 Å². The molecule has 25 nitrogen and oxygen atoms in total.